The fourth-order valence-corrected chi connectivity index (χ4v) is 4.08. The molecule has 0 fully saturated rings. The van der Waals surface area contributed by atoms with Gasteiger partial charge >= 0.3 is 7.60 Å². The Bertz CT molecular complexity index is 1310. The monoisotopic (exact) mass is 466 g/mol. The van der Waals surface area contributed by atoms with Crippen LogP contribution in [0.1, 0.15) is 11.1 Å². The van der Waals surface area contributed by atoms with Gasteiger partial charge in [-0.3, -0.25) is 4.57 Å². The number of fused-ring (bicyclic) bond motifs is 1. The molecule has 0 aliphatic rings. The molecular weight excluding hydrogens is 443 g/mol. The van der Waals surface area contributed by atoms with E-state index in [1.165, 1.54) is 0 Å². The molecule has 2 N–H and O–H groups in total. The molecule has 4 aromatic rings. The van der Waals surface area contributed by atoms with Crippen molar-refractivity contribution in [2.75, 3.05) is 14.2 Å². The third kappa shape index (κ3) is 5.49. The summed E-state index contributed by atoms with van der Waals surface area (Å²) in [6, 6.07) is 20.1. The van der Waals surface area contributed by atoms with Gasteiger partial charge in [-0.1, -0.05) is 54.6 Å². The molecular formula is C24H23N2O6P. The van der Waals surface area contributed by atoms with Gasteiger partial charge in [-0.15, -0.1) is 0 Å². The third-order valence-electron chi connectivity index (χ3n) is 4.99. The lowest BCUT2D eigenvalue weighted by Gasteiger charge is -2.14. The molecule has 0 aliphatic carbocycles. The number of ether oxygens (including phenoxy) is 3. The van der Waals surface area contributed by atoms with Crippen LogP contribution in [0.4, 0.5) is 0 Å². The zero-order valence-corrected chi connectivity index (χ0v) is 19.0. The van der Waals surface area contributed by atoms with E-state index in [0.29, 0.717) is 51.8 Å². The molecule has 8 nitrogen and oxygen atoms in total. The predicted molar refractivity (Wildman–Crippen MR) is 125 cm³/mol. The quantitative estimate of drug-likeness (QED) is 0.363. The Morgan fingerprint density at radius 3 is 2.15 bits per heavy atom. The summed E-state index contributed by atoms with van der Waals surface area (Å²) >= 11 is 0. The molecule has 3 aromatic carbocycles. The van der Waals surface area contributed by atoms with Crippen molar-refractivity contribution in [2.24, 2.45) is 0 Å². The number of aromatic nitrogens is 2. The summed E-state index contributed by atoms with van der Waals surface area (Å²) in [5.41, 5.74) is 2.82. The van der Waals surface area contributed by atoms with E-state index in [2.05, 4.69) is 9.97 Å². The van der Waals surface area contributed by atoms with Crippen molar-refractivity contribution < 1.29 is 28.6 Å². The van der Waals surface area contributed by atoms with Crippen LogP contribution in [0.25, 0.3) is 22.3 Å². The minimum absolute atomic E-state index is 0.321. The maximum absolute atomic E-state index is 11.3. The minimum Gasteiger partial charge on any atom is -0.493 e. The number of rotatable bonds is 8. The van der Waals surface area contributed by atoms with Gasteiger partial charge in [0.05, 0.1) is 31.3 Å². The highest BCUT2D eigenvalue weighted by Crippen LogP contribution is 2.40. The normalized spacial score (nSPS) is 11.4. The molecule has 0 bridgehead atoms. The van der Waals surface area contributed by atoms with E-state index in [4.69, 9.17) is 14.2 Å². The van der Waals surface area contributed by atoms with E-state index in [1.54, 1.807) is 50.6 Å². The molecule has 0 radical (unpaired) electrons. The summed E-state index contributed by atoms with van der Waals surface area (Å²) in [4.78, 5) is 27.7. The van der Waals surface area contributed by atoms with Gasteiger partial charge in [0.1, 0.15) is 6.61 Å². The largest absolute Gasteiger partial charge is 0.493 e. The van der Waals surface area contributed by atoms with Gasteiger partial charge < -0.3 is 24.0 Å². The summed E-state index contributed by atoms with van der Waals surface area (Å²) in [7, 11) is -1.04. The first kappa shape index (κ1) is 22.7. The molecule has 0 unspecified atom stereocenters. The van der Waals surface area contributed by atoms with Crippen molar-refractivity contribution in [3.8, 4) is 28.8 Å². The van der Waals surface area contributed by atoms with Crippen molar-refractivity contribution in [1.29, 1.82) is 0 Å². The molecule has 0 saturated carbocycles. The smallest absolute Gasteiger partial charge is 0.329 e. The molecule has 170 valence electrons. The van der Waals surface area contributed by atoms with Crippen LogP contribution in [0, 0.1) is 0 Å². The average molecular weight is 466 g/mol. The lowest BCUT2D eigenvalue weighted by molar-refractivity contribution is 0.297. The van der Waals surface area contributed by atoms with E-state index in [1.807, 2.05) is 30.3 Å². The highest BCUT2D eigenvalue weighted by molar-refractivity contribution is 7.50. The van der Waals surface area contributed by atoms with Crippen molar-refractivity contribution >= 4 is 18.5 Å². The van der Waals surface area contributed by atoms with Crippen LogP contribution < -0.4 is 14.2 Å². The van der Waals surface area contributed by atoms with Crippen molar-refractivity contribution in [3.63, 3.8) is 0 Å². The second-order valence-electron chi connectivity index (χ2n) is 7.37. The Morgan fingerprint density at radius 2 is 1.52 bits per heavy atom. The maximum Gasteiger partial charge on any atom is 0.329 e. The minimum atomic E-state index is -4.15. The van der Waals surface area contributed by atoms with Crippen molar-refractivity contribution in [1.82, 2.24) is 9.97 Å². The van der Waals surface area contributed by atoms with Gasteiger partial charge in [-0.25, -0.2) is 4.98 Å². The van der Waals surface area contributed by atoms with Crippen LogP contribution in [0.15, 0.2) is 66.7 Å². The van der Waals surface area contributed by atoms with Crippen molar-refractivity contribution in [2.45, 2.75) is 12.8 Å². The van der Waals surface area contributed by atoms with E-state index in [0.717, 1.165) is 5.56 Å². The van der Waals surface area contributed by atoms with Gasteiger partial charge in [0.2, 0.25) is 5.88 Å². The molecule has 0 spiro atoms. The lowest BCUT2D eigenvalue weighted by atomic mass is 10.1. The molecule has 4 rings (SSSR count). The van der Waals surface area contributed by atoms with Crippen LogP contribution >= 0.6 is 7.60 Å². The number of methoxy groups -OCH3 is 2. The first-order valence-electron chi connectivity index (χ1n) is 10.1. The first-order chi connectivity index (χ1) is 15.9. The highest BCUT2D eigenvalue weighted by Gasteiger charge is 2.17. The highest BCUT2D eigenvalue weighted by atomic mass is 31.2. The summed E-state index contributed by atoms with van der Waals surface area (Å²) in [6.07, 6.45) is -0.325. The number of benzene rings is 3. The average Bonchev–Trinajstić information content (AvgIpc) is 2.81. The standard InChI is InChI=1S/C24H23N2O6P/c1-30-21-12-19-20(13-22(21)31-2)25-23(18-10-8-17(9-11-18)15-33(27,28)29)26-24(19)32-14-16-6-4-3-5-7-16/h3-13H,14-15H2,1-2H3,(H2,27,28,29). The first-order valence-corrected chi connectivity index (χ1v) is 11.9. The van der Waals surface area contributed by atoms with Crippen LogP contribution in [-0.4, -0.2) is 34.0 Å². The van der Waals surface area contributed by atoms with E-state index in [-0.39, 0.29) is 6.16 Å². The van der Waals surface area contributed by atoms with Crippen molar-refractivity contribution in [3.05, 3.63) is 77.9 Å². The zero-order chi connectivity index (χ0) is 23.4. The Kier molecular flexibility index (Phi) is 6.60. The predicted octanol–water partition coefficient (Wildman–Crippen LogP) is 4.57. The Labute approximate surface area is 191 Å². The second kappa shape index (κ2) is 9.58. The summed E-state index contributed by atoms with van der Waals surface area (Å²) in [5, 5.41) is 0.672. The molecule has 0 saturated heterocycles. The molecule has 9 heteroatoms. The van der Waals surface area contributed by atoms with Gasteiger partial charge in [0, 0.05) is 11.6 Å². The van der Waals surface area contributed by atoms with Gasteiger partial charge in [0.15, 0.2) is 17.3 Å². The van der Waals surface area contributed by atoms with Gasteiger partial charge in [-0.05, 0) is 17.2 Å². The van der Waals surface area contributed by atoms with Crippen LogP contribution in [0.2, 0.25) is 0 Å². The lowest BCUT2D eigenvalue weighted by Crippen LogP contribution is -2.02. The van der Waals surface area contributed by atoms with E-state index >= 15 is 0 Å². The summed E-state index contributed by atoms with van der Waals surface area (Å²) in [6.45, 7) is 0.321. The SMILES string of the molecule is COc1cc2nc(-c3ccc(CP(=O)(O)O)cc3)nc(OCc3ccccc3)c2cc1OC. The van der Waals surface area contributed by atoms with Crippen LogP contribution in [0.3, 0.4) is 0 Å². The molecule has 1 aromatic heterocycles. The Hall–Kier alpha value is -3.45. The van der Waals surface area contributed by atoms with Crippen LogP contribution in [0.5, 0.6) is 17.4 Å². The van der Waals surface area contributed by atoms with Gasteiger partial charge in [-0.2, -0.15) is 4.98 Å². The molecule has 0 amide bonds. The summed E-state index contributed by atoms with van der Waals surface area (Å²) < 4.78 is 28.2. The fraction of sp³-hybridized carbons (Fsp3) is 0.167. The molecule has 0 aliphatic heterocycles. The summed E-state index contributed by atoms with van der Waals surface area (Å²) in [5.74, 6) is 1.87. The third-order valence-corrected chi connectivity index (χ3v) is 5.76. The van der Waals surface area contributed by atoms with Gasteiger partial charge in [0.25, 0.3) is 0 Å². The van der Waals surface area contributed by atoms with E-state index < -0.39 is 7.60 Å². The fourth-order valence-electron chi connectivity index (χ4n) is 3.39. The Balaban J connectivity index is 1.77. The van der Waals surface area contributed by atoms with E-state index in [9.17, 15) is 14.4 Å². The number of nitrogens with zero attached hydrogens (tertiary/aromatic N) is 2. The molecule has 1 heterocycles. The maximum atomic E-state index is 11.3. The van der Waals surface area contributed by atoms with Crippen LogP contribution in [-0.2, 0) is 17.3 Å². The number of hydrogen-bond donors (Lipinski definition) is 2. The zero-order valence-electron chi connectivity index (χ0n) is 18.1. The molecule has 33 heavy (non-hydrogen) atoms. The second-order valence-corrected chi connectivity index (χ2v) is 9.02. The Morgan fingerprint density at radius 1 is 0.848 bits per heavy atom. The number of hydrogen-bond acceptors (Lipinski definition) is 6. The molecule has 0 atom stereocenters. The topological polar surface area (TPSA) is 111 Å².